The number of anilines is 1. The van der Waals surface area contributed by atoms with Crippen LogP contribution >= 0.6 is 0 Å². The molecule has 0 bridgehead atoms. The Labute approximate surface area is 187 Å². The molecular formula is C20H24N4O6S2. The Balaban J connectivity index is 1.87. The Kier molecular flexibility index (Phi) is 6.58. The van der Waals surface area contributed by atoms with E-state index in [0.717, 1.165) is 4.31 Å². The van der Waals surface area contributed by atoms with Gasteiger partial charge in [0.25, 0.3) is 10.0 Å². The number of hydrogen-bond donors (Lipinski definition) is 2. The summed E-state index contributed by atoms with van der Waals surface area (Å²) >= 11 is 0. The lowest BCUT2D eigenvalue weighted by molar-refractivity contribution is -0.117. The standard InChI is InChI=1S/C20H24N4O6S2/c1-5-30-16-11-10-14(12-18(16)32(28,29)24(3)4)22-20(25)13(2)21-19-15-8-6-7-9-17(15)31(26,27)23-19/h6-13H,5H2,1-4H3,(H,21,23)(H,22,25)/t13-/m0/s1. The number of amidine groups is 1. The van der Waals surface area contributed by atoms with Gasteiger partial charge in [-0.05, 0) is 44.2 Å². The second-order valence-electron chi connectivity index (χ2n) is 7.13. The molecule has 32 heavy (non-hydrogen) atoms. The number of carbonyl (C=O) groups excluding carboxylic acids is 1. The van der Waals surface area contributed by atoms with Crippen LogP contribution in [-0.2, 0) is 24.8 Å². The smallest absolute Gasteiger partial charge is 0.263 e. The lowest BCUT2D eigenvalue weighted by Crippen LogP contribution is -2.29. The van der Waals surface area contributed by atoms with Gasteiger partial charge in [-0.15, -0.1) is 0 Å². The zero-order valence-corrected chi connectivity index (χ0v) is 19.6. The molecule has 0 radical (unpaired) electrons. The van der Waals surface area contributed by atoms with Crippen LogP contribution < -0.4 is 14.8 Å². The third-order valence-electron chi connectivity index (χ3n) is 4.63. The molecule has 2 N–H and O–H groups in total. The molecule has 1 atom stereocenters. The third-order valence-corrected chi connectivity index (χ3v) is 7.87. The summed E-state index contributed by atoms with van der Waals surface area (Å²) in [5.74, 6) is -0.297. The predicted octanol–water partition coefficient (Wildman–Crippen LogP) is 1.40. The summed E-state index contributed by atoms with van der Waals surface area (Å²) < 4.78 is 58.5. The topological polar surface area (TPSA) is 134 Å². The van der Waals surface area contributed by atoms with Crippen LogP contribution in [0.15, 0.2) is 57.2 Å². The van der Waals surface area contributed by atoms with Crippen LogP contribution in [0.4, 0.5) is 5.69 Å². The fraction of sp³-hybridized carbons (Fsp3) is 0.300. The molecule has 1 amide bonds. The summed E-state index contributed by atoms with van der Waals surface area (Å²) in [5.41, 5.74) is 0.617. The zero-order valence-electron chi connectivity index (χ0n) is 18.0. The largest absolute Gasteiger partial charge is 0.492 e. The third kappa shape index (κ3) is 4.61. The molecule has 2 aromatic carbocycles. The zero-order chi connectivity index (χ0) is 23.7. The molecule has 1 aliphatic rings. The lowest BCUT2D eigenvalue weighted by Gasteiger charge is -2.17. The number of ether oxygens (including phenoxy) is 1. The number of hydrogen-bond acceptors (Lipinski definition) is 7. The Morgan fingerprint density at radius 1 is 1.22 bits per heavy atom. The molecule has 3 rings (SSSR count). The number of nitrogens with zero attached hydrogens (tertiary/aromatic N) is 2. The molecule has 0 spiro atoms. The molecule has 172 valence electrons. The number of carbonyl (C=O) groups is 1. The van der Waals surface area contributed by atoms with E-state index in [9.17, 15) is 21.6 Å². The molecule has 12 heteroatoms. The van der Waals surface area contributed by atoms with Crippen molar-refractivity contribution < 1.29 is 26.4 Å². The van der Waals surface area contributed by atoms with Gasteiger partial charge in [0.15, 0.2) is 0 Å². The number of nitrogens with one attached hydrogen (secondary N) is 2. The number of amides is 1. The number of fused-ring (bicyclic) bond motifs is 1. The van der Waals surface area contributed by atoms with Crippen molar-refractivity contribution in [3.8, 4) is 5.75 Å². The van der Waals surface area contributed by atoms with Gasteiger partial charge in [-0.3, -0.25) is 14.5 Å². The fourth-order valence-electron chi connectivity index (χ4n) is 2.99. The van der Waals surface area contributed by atoms with Crippen LogP contribution in [0.25, 0.3) is 0 Å². The van der Waals surface area contributed by atoms with E-state index in [1.54, 1.807) is 25.1 Å². The van der Waals surface area contributed by atoms with Crippen molar-refractivity contribution in [1.82, 2.24) is 9.03 Å². The van der Waals surface area contributed by atoms with E-state index >= 15 is 0 Å². The summed E-state index contributed by atoms with van der Waals surface area (Å²) in [6.45, 7) is 3.51. The molecule has 10 nitrogen and oxygen atoms in total. The van der Waals surface area contributed by atoms with Crippen LogP contribution in [0, 0.1) is 0 Å². The highest BCUT2D eigenvalue weighted by molar-refractivity contribution is 7.90. The van der Waals surface area contributed by atoms with Crippen LogP contribution in [0.1, 0.15) is 19.4 Å². The van der Waals surface area contributed by atoms with E-state index in [1.807, 2.05) is 0 Å². The maximum atomic E-state index is 12.7. The summed E-state index contributed by atoms with van der Waals surface area (Å²) in [7, 11) is -4.75. The van der Waals surface area contributed by atoms with Crippen molar-refractivity contribution in [2.45, 2.75) is 29.7 Å². The average Bonchev–Trinajstić information content (AvgIpc) is 2.99. The van der Waals surface area contributed by atoms with Crippen molar-refractivity contribution in [3.63, 3.8) is 0 Å². The molecule has 0 aliphatic carbocycles. The second-order valence-corrected chi connectivity index (χ2v) is 10.9. The summed E-state index contributed by atoms with van der Waals surface area (Å²) in [6.07, 6.45) is 0. The Hall–Kier alpha value is -2.96. The van der Waals surface area contributed by atoms with Crippen molar-refractivity contribution >= 4 is 37.5 Å². The fourth-order valence-corrected chi connectivity index (χ4v) is 5.28. The van der Waals surface area contributed by atoms with Gasteiger partial charge in [-0.1, -0.05) is 12.1 Å². The van der Waals surface area contributed by atoms with Crippen LogP contribution in [0.5, 0.6) is 5.75 Å². The Bertz CT molecular complexity index is 1290. The van der Waals surface area contributed by atoms with Gasteiger partial charge in [0, 0.05) is 25.3 Å². The van der Waals surface area contributed by atoms with Gasteiger partial charge < -0.3 is 10.1 Å². The summed E-state index contributed by atoms with van der Waals surface area (Å²) in [6, 6.07) is 9.67. The molecule has 0 fully saturated rings. The van der Waals surface area contributed by atoms with E-state index in [1.165, 1.54) is 45.3 Å². The maximum absolute atomic E-state index is 12.7. The Morgan fingerprint density at radius 3 is 2.56 bits per heavy atom. The van der Waals surface area contributed by atoms with Gasteiger partial charge in [0.2, 0.25) is 15.9 Å². The summed E-state index contributed by atoms with van der Waals surface area (Å²) in [5, 5.41) is 2.62. The van der Waals surface area contributed by atoms with Gasteiger partial charge in [0.1, 0.15) is 22.5 Å². The van der Waals surface area contributed by atoms with Crippen LogP contribution in [0.2, 0.25) is 0 Å². The summed E-state index contributed by atoms with van der Waals surface area (Å²) in [4.78, 5) is 16.9. The van der Waals surface area contributed by atoms with Gasteiger partial charge >= 0.3 is 0 Å². The molecule has 2 aromatic rings. The molecular weight excluding hydrogens is 456 g/mol. The minimum atomic E-state index is -3.82. The van der Waals surface area contributed by atoms with E-state index in [-0.39, 0.29) is 33.7 Å². The first-order chi connectivity index (χ1) is 15.0. The van der Waals surface area contributed by atoms with E-state index in [4.69, 9.17) is 4.74 Å². The second kappa shape index (κ2) is 8.88. The Morgan fingerprint density at radius 2 is 1.91 bits per heavy atom. The minimum Gasteiger partial charge on any atom is -0.492 e. The van der Waals surface area contributed by atoms with Crippen molar-refractivity contribution in [2.75, 3.05) is 26.0 Å². The van der Waals surface area contributed by atoms with Crippen molar-refractivity contribution in [3.05, 3.63) is 48.0 Å². The monoisotopic (exact) mass is 480 g/mol. The van der Waals surface area contributed by atoms with Crippen LogP contribution in [-0.4, -0.2) is 59.6 Å². The highest BCUT2D eigenvalue weighted by Gasteiger charge is 2.31. The SMILES string of the molecule is CCOc1ccc(NC(=O)[C@H](C)N=C2NS(=O)(=O)c3ccccc32)cc1S(=O)(=O)N(C)C. The predicted molar refractivity (Wildman–Crippen MR) is 120 cm³/mol. The highest BCUT2D eigenvalue weighted by Crippen LogP contribution is 2.29. The number of benzene rings is 2. The van der Waals surface area contributed by atoms with E-state index < -0.39 is 32.0 Å². The van der Waals surface area contributed by atoms with E-state index in [0.29, 0.717) is 5.56 Å². The van der Waals surface area contributed by atoms with Gasteiger partial charge in [-0.25, -0.2) is 21.1 Å². The van der Waals surface area contributed by atoms with E-state index in [2.05, 4.69) is 15.0 Å². The molecule has 0 aromatic heterocycles. The first-order valence-electron chi connectivity index (χ1n) is 9.67. The van der Waals surface area contributed by atoms with Crippen molar-refractivity contribution in [1.29, 1.82) is 0 Å². The molecule has 0 saturated heterocycles. The molecule has 1 aliphatic heterocycles. The number of rotatable bonds is 7. The molecule has 0 saturated carbocycles. The maximum Gasteiger partial charge on any atom is 0.263 e. The highest BCUT2D eigenvalue weighted by atomic mass is 32.2. The van der Waals surface area contributed by atoms with Crippen LogP contribution in [0.3, 0.4) is 0 Å². The first kappa shape index (κ1) is 23.7. The van der Waals surface area contributed by atoms with Gasteiger partial charge in [-0.2, -0.15) is 0 Å². The van der Waals surface area contributed by atoms with Crippen molar-refractivity contribution in [2.24, 2.45) is 4.99 Å². The first-order valence-corrected chi connectivity index (χ1v) is 12.6. The normalized spacial score (nSPS) is 17.0. The number of sulfonamides is 2. The lowest BCUT2D eigenvalue weighted by atomic mass is 10.2. The quantitative estimate of drug-likeness (QED) is 0.615. The molecule has 0 unspecified atom stereocenters. The number of aliphatic imine (C=N–C) groups is 1. The van der Waals surface area contributed by atoms with Gasteiger partial charge in [0.05, 0.1) is 11.5 Å². The molecule has 1 heterocycles. The minimum absolute atomic E-state index is 0.0748. The average molecular weight is 481 g/mol.